The quantitative estimate of drug-likeness (QED) is 0.456. The fourth-order valence-corrected chi connectivity index (χ4v) is 4.33. The normalized spacial score (nSPS) is 15.4. The molecular formula is C26H23ClN2O7. The molecule has 0 saturated carbocycles. The van der Waals surface area contributed by atoms with Crippen molar-refractivity contribution in [1.82, 2.24) is 5.32 Å². The molecule has 0 saturated heterocycles. The highest BCUT2D eigenvalue weighted by molar-refractivity contribution is 6.32. The van der Waals surface area contributed by atoms with Gasteiger partial charge in [0, 0.05) is 23.7 Å². The molecule has 0 aliphatic carbocycles. The van der Waals surface area contributed by atoms with Crippen molar-refractivity contribution in [2.75, 3.05) is 19.9 Å². The molecule has 186 valence electrons. The van der Waals surface area contributed by atoms with Crippen molar-refractivity contribution < 1.29 is 33.4 Å². The van der Waals surface area contributed by atoms with Crippen molar-refractivity contribution in [2.45, 2.75) is 18.8 Å². The van der Waals surface area contributed by atoms with E-state index in [2.05, 4.69) is 10.2 Å². The van der Waals surface area contributed by atoms with E-state index in [9.17, 15) is 9.59 Å². The van der Waals surface area contributed by atoms with Crippen LogP contribution in [0.15, 0.2) is 54.6 Å². The van der Waals surface area contributed by atoms with Crippen LogP contribution in [0.2, 0.25) is 5.02 Å². The molecule has 2 aliphatic rings. The Morgan fingerprint density at radius 1 is 1.00 bits per heavy atom. The predicted molar refractivity (Wildman–Crippen MR) is 130 cm³/mol. The van der Waals surface area contributed by atoms with Crippen molar-refractivity contribution in [1.29, 1.82) is 0 Å². The van der Waals surface area contributed by atoms with Crippen LogP contribution in [0.4, 0.5) is 0 Å². The lowest BCUT2D eigenvalue weighted by molar-refractivity contribution is -0.146. The van der Waals surface area contributed by atoms with Gasteiger partial charge in [-0.15, -0.1) is 0 Å². The van der Waals surface area contributed by atoms with Crippen LogP contribution in [0, 0.1) is 0 Å². The summed E-state index contributed by atoms with van der Waals surface area (Å²) in [6.45, 7) is 1.04. The van der Waals surface area contributed by atoms with Crippen LogP contribution in [-0.2, 0) is 16.1 Å². The largest absolute Gasteiger partial charge is 0.493 e. The molecule has 2 aliphatic heterocycles. The van der Waals surface area contributed by atoms with Crippen LogP contribution in [0.3, 0.4) is 0 Å². The molecule has 36 heavy (non-hydrogen) atoms. The van der Waals surface area contributed by atoms with Crippen molar-refractivity contribution in [3.63, 3.8) is 0 Å². The zero-order valence-electron chi connectivity index (χ0n) is 19.1. The molecular weight excluding hydrogens is 488 g/mol. The summed E-state index contributed by atoms with van der Waals surface area (Å²) in [6, 6.07) is 15.7. The fraction of sp³-hybridized carbons (Fsp3) is 0.231. The van der Waals surface area contributed by atoms with E-state index in [4.69, 9.17) is 36.4 Å². The Morgan fingerprint density at radius 3 is 2.61 bits per heavy atom. The highest BCUT2D eigenvalue weighted by Gasteiger charge is 2.30. The molecule has 0 bridgehead atoms. The van der Waals surface area contributed by atoms with Gasteiger partial charge in [0.15, 0.2) is 11.5 Å². The maximum Gasteiger partial charge on any atom is 0.332 e. The molecule has 0 radical (unpaired) electrons. The van der Waals surface area contributed by atoms with E-state index in [1.807, 2.05) is 18.2 Å². The second-order valence-electron chi connectivity index (χ2n) is 8.27. The van der Waals surface area contributed by atoms with E-state index in [1.54, 1.807) is 36.4 Å². The van der Waals surface area contributed by atoms with Gasteiger partial charge in [0.1, 0.15) is 17.2 Å². The number of hydrogen-bond acceptors (Lipinski definition) is 8. The third kappa shape index (κ3) is 5.02. The Kier molecular flexibility index (Phi) is 6.84. The van der Waals surface area contributed by atoms with Crippen LogP contribution < -0.4 is 30.2 Å². The fourth-order valence-electron chi connectivity index (χ4n) is 4.12. The van der Waals surface area contributed by atoms with E-state index < -0.39 is 11.9 Å². The van der Waals surface area contributed by atoms with Crippen molar-refractivity contribution in [3.8, 4) is 28.7 Å². The van der Waals surface area contributed by atoms with Gasteiger partial charge in [0.25, 0.3) is 5.91 Å². The first-order chi connectivity index (χ1) is 17.5. The molecule has 1 unspecified atom stereocenters. The smallest absolute Gasteiger partial charge is 0.332 e. The molecule has 9 nitrogen and oxygen atoms in total. The summed E-state index contributed by atoms with van der Waals surface area (Å²) in [6.07, 6.45) is 1.10. The Bertz CT molecular complexity index is 1300. The SMILES string of the molecule is NOC(=O)C1CCOc2cc(Oc3ccc(C(=O)NCCc4ccc5c(c4)OCO5)cc3)c(Cl)cc21. The van der Waals surface area contributed by atoms with Gasteiger partial charge in [-0.1, -0.05) is 17.7 Å². The first-order valence-corrected chi connectivity index (χ1v) is 11.7. The number of benzene rings is 3. The standard InChI is InChI=1S/C26H23ClN2O7/c27-20-12-19-18(26(31)36-28)8-10-32-22(19)13-23(20)35-17-4-2-16(3-5-17)25(30)29-9-7-15-1-6-21-24(11-15)34-14-33-21/h1-6,11-13,18H,7-10,14,28H2,(H,29,30). The summed E-state index contributed by atoms with van der Waals surface area (Å²) in [5, 5.41) is 3.21. The van der Waals surface area contributed by atoms with E-state index in [1.165, 1.54) is 0 Å². The summed E-state index contributed by atoms with van der Waals surface area (Å²) in [5.41, 5.74) is 2.14. The molecule has 0 spiro atoms. The van der Waals surface area contributed by atoms with Crippen LogP contribution in [-0.4, -0.2) is 31.8 Å². The van der Waals surface area contributed by atoms with Gasteiger partial charge >= 0.3 is 5.97 Å². The number of ether oxygens (including phenoxy) is 4. The average Bonchev–Trinajstić information content (AvgIpc) is 3.37. The summed E-state index contributed by atoms with van der Waals surface area (Å²) in [4.78, 5) is 28.9. The molecule has 0 fully saturated rings. The number of rotatable bonds is 7. The maximum absolute atomic E-state index is 12.5. The van der Waals surface area contributed by atoms with E-state index >= 15 is 0 Å². The summed E-state index contributed by atoms with van der Waals surface area (Å²) in [7, 11) is 0. The Morgan fingerprint density at radius 2 is 1.81 bits per heavy atom. The zero-order chi connectivity index (χ0) is 25.1. The number of hydrogen-bond donors (Lipinski definition) is 2. The van der Waals surface area contributed by atoms with Crippen LogP contribution in [0.1, 0.15) is 33.8 Å². The van der Waals surface area contributed by atoms with E-state index in [0.717, 1.165) is 17.1 Å². The highest BCUT2D eigenvalue weighted by Crippen LogP contribution is 2.42. The molecule has 1 atom stereocenters. The van der Waals surface area contributed by atoms with Gasteiger partial charge in [-0.2, -0.15) is 5.90 Å². The van der Waals surface area contributed by atoms with Crippen LogP contribution in [0.5, 0.6) is 28.7 Å². The van der Waals surface area contributed by atoms with Crippen molar-refractivity contribution in [2.24, 2.45) is 5.90 Å². The maximum atomic E-state index is 12.5. The van der Waals surface area contributed by atoms with Gasteiger partial charge in [-0.05, 0) is 60.9 Å². The summed E-state index contributed by atoms with van der Waals surface area (Å²) < 4.78 is 22.3. The van der Waals surface area contributed by atoms with Crippen molar-refractivity contribution in [3.05, 3.63) is 76.3 Å². The lowest BCUT2D eigenvalue weighted by Gasteiger charge is -2.24. The summed E-state index contributed by atoms with van der Waals surface area (Å²) in [5.74, 6) is 6.54. The molecule has 1 amide bonds. The van der Waals surface area contributed by atoms with E-state index in [0.29, 0.717) is 59.4 Å². The van der Waals surface area contributed by atoms with Gasteiger partial charge in [0.05, 0.1) is 17.5 Å². The molecule has 10 heteroatoms. The lowest BCUT2D eigenvalue weighted by Crippen LogP contribution is -2.25. The monoisotopic (exact) mass is 510 g/mol. The average molecular weight is 511 g/mol. The lowest BCUT2D eigenvalue weighted by atomic mass is 9.93. The second-order valence-corrected chi connectivity index (χ2v) is 8.67. The first-order valence-electron chi connectivity index (χ1n) is 11.3. The minimum Gasteiger partial charge on any atom is -0.493 e. The Balaban J connectivity index is 1.19. The number of fused-ring (bicyclic) bond motifs is 2. The third-order valence-corrected chi connectivity index (χ3v) is 6.28. The molecule has 5 rings (SSSR count). The molecule has 3 aromatic rings. The Hall–Kier alpha value is -3.95. The molecule has 3 aromatic carbocycles. The molecule has 2 heterocycles. The number of carbonyl (C=O) groups excluding carboxylic acids is 2. The second kappa shape index (κ2) is 10.3. The zero-order valence-corrected chi connectivity index (χ0v) is 19.9. The minimum absolute atomic E-state index is 0.194. The van der Waals surface area contributed by atoms with Gasteiger partial charge < -0.3 is 29.1 Å². The minimum atomic E-state index is -0.548. The predicted octanol–water partition coefficient (Wildman–Crippen LogP) is 4.12. The molecule has 3 N–H and O–H groups in total. The van der Waals surface area contributed by atoms with Crippen LogP contribution >= 0.6 is 11.6 Å². The number of nitrogens with two attached hydrogens (primary N) is 1. The number of halogens is 1. The third-order valence-electron chi connectivity index (χ3n) is 5.99. The highest BCUT2D eigenvalue weighted by atomic mass is 35.5. The topological polar surface area (TPSA) is 118 Å². The van der Waals surface area contributed by atoms with Crippen molar-refractivity contribution >= 4 is 23.5 Å². The Labute approximate surface area is 211 Å². The van der Waals surface area contributed by atoms with E-state index in [-0.39, 0.29) is 12.7 Å². The first kappa shape index (κ1) is 23.8. The number of carbonyl (C=O) groups is 2. The number of amides is 1. The van der Waals surface area contributed by atoms with Crippen LogP contribution in [0.25, 0.3) is 0 Å². The molecule has 0 aromatic heterocycles. The van der Waals surface area contributed by atoms with Gasteiger partial charge in [-0.25, -0.2) is 4.79 Å². The number of nitrogens with one attached hydrogen (secondary N) is 1. The van der Waals surface area contributed by atoms with Gasteiger partial charge in [-0.3, -0.25) is 4.79 Å². The van der Waals surface area contributed by atoms with Gasteiger partial charge in [0.2, 0.25) is 6.79 Å². The summed E-state index contributed by atoms with van der Waals surface area (Å²) >= 11 is 6.40.